The highest BCUT2D eigenvalue weighted by molar-refractivity contribution is 7.89. The quantitative estimate of drug-likeness (QED) is 0.634. The van der Waals surface area contributed by atoms with Crippen molar-refractivity contribution in [2.45, 2.75) is 4.90 Å². The maximum atomic E-state index is 14.0. The summed E-state index contributed by atoms with van der Waals surface area (Å²) in [6.07, 6.45) is 1.43. The first-order valence-corrected chi connectivity index (χ1v) is 10.7. The molecule has 3 aromatic rings. The highest BCUT2D eigenvalue weighted by Crippen LogP contribution is 2.27. The molecular weight excluding hydrogens is 414 g/mol. The van der Waals surface area contributed by atoms with Gasteiger partial charge < -0.3 is 9.32 Å². The summed E-state index contributed by atoms with van der Waals surface area (Å²) < 4.78 is 59.7. The van der Waals surface area contributed by atoms with Crippen LogP contribution in [0.15, 0.2) is 70.2 Å². The minimum Gasteiger partial charge on any atom is -0.459 e. The van der Waals surface area contributed by atoms with Crippen LogP contribution in [0.3, 0.4) is 0 Å². The SMILES string of the molecule is O=C(c1occc1-c1ccccc1)N1CCN(S(=O)(=O)c2c(F)cccc2F)CC1. The van der Waals surface area contributed by atoms with E-state index in [0.29, 0.717) is 5.56 Å². The van der Waals surface area contributed by atoms with Crippen LogP contribution in [0.5, 0.6) is 0 Å². The molecule has 1 saturated heterocycles. The maximum Gasteiger partial charge on any atom is 0.290 e. The Balaban J connectivity index is 1.51. The number of hydrogen-bond acceptors (Lipinski definition) is 4. The summed E-state index contributed by atoms with van der Waals surface area (Å²) in [7, 11) is -4.36. The molecule has 1 amide bonds. The molecule has 30 heavy (non-hydrogen) atoms. The molecule has 2 aromatic carbocycles. The number of carbonyl (C=O) groups excluding carboxylic acids is 1. The van der Waals surface area contributed by atoms with Gasteiger partial charge in [-0.3, -0.25) is 4.79 Å². The van der Waals surface area contributed by atoms with Gasteiger partial charge in [-0.2, -0.15) is 4.31 Å². The molecule has 1 aliphatic heterocycles. The lowest BCUT2D eigenvalue weighted by Crippen LogP contribution is -2.50. The topological polar surface area (TPSA) is 70.8 Å². The van der Waals surface area contributed by atoms with E-state index in [4.69, 9.17) is 4.42 Å². The highest BCUT2D eigenvalue weighted by Gasteiger charge is 2.35. The van der Waals surface area contributed by atoms with Crippen LogP contribution in [0.25, 0.3) is 11.1 Å². The lowest BCUT2D eigenvalue weighted by atomic mass is 10.1. The molecule has 1 fully saturated rings. The largest absolute Gasteiger partial charge is 0.459 e. The van der Waals surface area contributed by atoms with Crippen molar-refractivity contribution in [1.82, 2.24) is 9.21 Å². The van der Waals surface area contributed by atoms with E-state index in [2.05, 4.69) is 0 Å². The Morgan fingerprint density at radius 3 is 2.13 bits per heavy atom. The third kappa shape index (κ3) is 3.61. The summed E-state index contributed by atoms with van der Waals surface area (Å²) >= 11 is 0. The van der Waals surface area contributed by atoms with Gasteiger partial charge in [-0.15, -0.1) is 0 Å². The molecule has 0 aliphatic carbocycles. The molecule has 9 heteroatoms. The summed E-state index contributed by atoms with van der Waals surface area (Å²) in [4.78, 5) is 13.4. The Morgan fingerprint density at radius 1 is 0.867 bits per heavy atom. The number of rotatable bonds is 4. The average molecular weight is 432 g/mol. The molecule has 156 valence electrons. The van der Waals surface area contributed by atoms with Gasteiger partial charge in [0.25, 0.3) is 5.91 Å². The lowest BCUT2D eigenvalue weighted by Gasteiger charge is -2.33. The molecule has 2 heterocycles. The van der Waals surface area contributed by atoms with E-state index in [0.717, 1.165) is 28.1 Å². The predicted octanol–water partition coefficient (Wildman–Crippen LogP) is 3.37. The van der Waals surface area contributed by atoms with Crippen molar-refractivity contribution in [3.8, 4) is 11.1 Å². The van der Waals surface area contributed by atoms with E-state index in [1.54, 1.807) is 6.07 Å². The van der Waals surface area contributed by atoms with Gasteiger partial charge in [0, 0.05) is 31.7 Å². The number of halogens is 2. The van der Waals surface area contributed by atoms with Crippen LogP contribution in [0.4, 0.5) is 8.78 Å². The summed E-state index contributed by atoms with van der Waals surface area (Å²) in [5.41, 5.74) is 1.47. The third-order valence-electron chi connectivity index (χ3n) is 4.99. The Hall–Kier alpha value is -3.04. The van der Waals surface area contributed by atoms with Gasteiger partial charge in [-0.1, -0.05) is 36.4 Å². The van der Waals surface area contributed by atoms with Gasteiger partial charge >= 0.3 is 0 Å². The Bertz CT molecular complexity index is 1150. The maximum absolute atomic E-state index is 14.0. The van der Waals surface area contributed by atoms with E-state index in [9.17, 15) is 22.0 Å². The third-order valence-corrected chi connectivity index (χ3v) is 6.94. The van der Waals surface area contributed by atoms with Crippen LogP contribution in [0, 0.1) is 11.6 Å². The van der Waals surface area contributed by atoms with Crippen molar-refractivity contribution in [2.75, 3.05) is 26.2 Å². The van der Waals surface area contributed by atoms with Crippen molar-refractivity contribution in [1.29, 1.82) is 0 Å². The average Bonchev–Trinajstić information content (AvgIpc) is 3.23. The number of amides is 1. The van der Waals surface area contributed by atoms with Gasteiger partial charge in [0.15, 0.2) is 10.7 Å². The molecule has 0 spiro atoms. The van der Waals surface area contributed by atoms with E-state index >= 15 is 0 Å². The molecule has 1 aliphatic rings. The summed E-state index contributed by atoms with van der Waals surface area (Å²) in [6, 6.07) is 13.9. The smallest absolute Gasteiger partial charge is 0.290 e. The molecule has 6 nitrogen and oxygen atoms in total. The molecule has 0 atom stereocenters. The van der Waals surface area contributed by atoms with Crippen LogP contribution < -0.4 is 0 Å². The molecule has 4 rings (SSSR count). The standard InChI is InChI=1S/C21H18F2N2O4S/c22-17-7-4-8-18(23)20(17)30(27,28)25-12-10-24(11-13-25)21(26)19-16(9-14-29-19)15-5-2-1-3-6-15/h1-9,14H,10-13H2. The molecule has 0 unspecified atom stereocenters. The van der Waals surface area contributed by atoms with Crippen molar-refractivity contribution in [3.05, 3.63) is 78.3 Å². The number of hydrogen-bond donors (Lipinski definition) is 0. The van der Waals surface area contributed by atoms with Gasteiger partial charge in [-0.25, -0.2) is 17.2 Å². The minimum absolute atomic E-state index is 0.0725. The van der Waals surface area contributed by atoms with Crippen LogP contribution >= 0.6 is 0 Å². The zero-order chi connectivity index (χ0) is 21.3. The number of nitrogens with zero attached hydrogens (tertiary/aromatic N) is 2. The van der Waals surface area contributed by atoms with Crippen LogP contribution in [-0.4, -0.2) is 49.7 Å². The van der Waals surface area contributed by atoms with E-state index < -0.39 is 26.6 Å². The second-order valence-corrected chi connectivity index (χ2v) is 8.65. The molecule has 0 radical (unpaired) electrons. The first-order chi connectivity index (χ1) is 14.4. The van der Waals surface area contributed by atoms with E-state index in [-0.39, 0.29) is 37.8 Å². The van der Waals surface area contributed by atoms with Crippen LogP contribution in [0.2, 0.25) is 0 Å². The number of sulfonamides is 1. The summed E-state index contributed by atoms with van der Waals surface area (Å²) in [6.45, 7) is -0.0153. The summed E-state index contributed by atoms with van der Waals surface area (Å²) in [5.74, 6) is -2.49. The van der Waals surface area contributed by atoms with Gasteiger partial charge in [0.2, 0.25) is 10.0 Å². The Morgan fingerprint density at radius 2 is 1.50 bits per heavy atom. The number of furan rings is 1. The predicted molar refractivity (Wildman–Crippen MR) is 105 cm³/mol. The zero-order valence-corrected chi connectivity index (χ0v) is 16.6. The molecule has 0 N–H and O–H groups in total. The Kier molecular flexibility index (Phi) is 5.40. The van der Waals surface area contributed by atoms with Gasteiger partial charge in [0.1, 0.15) is 11.6 Å². The molecule has 1 aromatic heterocycles. The van der Waals surface area contributed by atoms with Gasteiger partial charge in [0.05, 0.1) is 6.26 Å². The van der Waals surface area contributed by atoms with Crippen molar-refractivity contribution < 1.29 is 26.4 Å². The monoisotopic (exact) mass is 432 g/mol. The van der Waals surface area contributed by atoms with Gasteiger partial charge in [-0.05, 0) is 23.8 Å². The normalized spacial score (nSPS) is 15.3. The zero-order valence-electron chi connectivity index (χ0n) is 15.8. The van der Waals surface area contributed by atoms with E-state index in [1.165, 1.54) is 11.2 Å². The van der Waals surface area contributed by atoms with E-state index in [1.807, 2.05) is 30.3 Å². The summed E-state index contributed by atoms with van der Waals surface area (Å²) in [5, 5.41) is 0. The fourth-order valence-electron chi connectivity index (χ4n) is 3.45. The second kappa shape index (κ2) is 8.00. The molecule has 0 saturated carbocycles. The van der Waals surface area contributed by atoms with Crippen LogP contribution in [0.1, 0.15) is 10.6 Å². The minimum atomic E-state index is -4.36. The molecular formula is C21H18F2N2O4S. The fraction of sp³-hybridized carbons (Fsp3) is 0.190. The fourth-order valence-corrected chi connectivity index (χ4v) is 4.98. The van der Waals surface area contributed by atoms with Crippen LogP contribution in [-0.2, 0) is 10.0 Å². The first-order valence-electron chi connectivity index (χ1n) is 9.26. The molecule has 0 bridgehead atoms. The Labute approximate surface area is 172 Å². The van der Waals surface area contributed by atoms with Crippen molar-refractivity contribution >= 4 is 15.9 Å². The number of benzene rings is 2. The first kappa shape index (κ1) is 20.2. The number of piperazine rings is 1. The highest BCUT2D eigenvalue weighted by atomic mass is 32.2. The number of carbonyl (C=O) groups is 1. The lowest BCUT2D eigenvalue weighted by molar-refractivity contribution is 0.0666. The second-order valence-electron chi connectivity index (χ2n) is 6.78. The van der Waals surface area contributed by atoms with Crippen molar-refractivity contribution in [3.63, 3.8) is 0 Å². The van der Waals surface area contributed by atoms with Crippen molar-refractivity contribution in [2.24, 2.45) is 0 Å².